The molecule has 1 aromatic rings. The number of benzene rings is 1. The highest BCUT2D eigenvalue weighted by Crippen LogP contribution is 2.16. The van der Waals surface area contributed by atoms with Crippen molar-refractivity contribution < 1.29 is 14.7 Å². The second-order valence-electron chi connectivity index (χ2n) is 4.96. The Morgan fingerprint density at radius 2 is 2.00 bits per heavy atom. The summed E-state index contributed by atoms with van der Waals surface area (Å²) in [6, 6.07) is 9.76. The van der Waals surface area contributed by atoms with Gasteiger partial charge in [0.1, 0.15) is 6.04 Å². The summed E-state index contributed by atoms with van der Waals surface area (Å²) in [5, 5.41) is 9.03. The molecule has 1 heterocycles. The first-order valence-corrected chi connectivity index (χ1v) is 6.51. The zero-order chi connectivity index (χ0) is 13.7. The molecule has 1 aliphatic rings. The third-order valence-corrected chi connectivity index (χ3v) is 3.45. The van der Waals surface area contributed by atoms with Crippen molar-refractivity contribution in [1.82, 2.24) is 10.4 Å². The van der Waals surface area contributed by atoms with Crippen molar-refractivity contribution >= 4 is 30.8 Å². The van der Waals surface area contributed by atoms with E-state index in [9.17, 15) is 4.79 Å². The fraction of sp³-hybridized carbons (Fsp3) is 0.500. The van der Waals surface area contributed by atoms with E-state index < -0.39 is 5.97 Å². The van der Waals surface area contributed by atoms with Crippen molar-refractivity contribution in [3.05, 3.63) is 35.9 Å². The van der Waals surface area contributed by atoms with Gasteiger partial charge in [0.25, 0.3) is 0 Å². The predicted octanol–water partition coefficient (Wildman–Crippen LogP) is 2.10. The minimum absolute atomic E-state index is 0. The summed E-state index contributed by atoms with van der Waals surface area (Å²) >= 11 is 0. The molecular formula is C14H22Cl2N2O3. The molecule has 120 valence electrons. The van der Waals surface area contributed by atoms with Crippen molar-refractivity contribution in [2.24, 2.45) is 0 Å². The van der Waals surface area contributed by atoms with Crippen LogP contribution in [0.1, 0.15) is 18.4 Å². The van der Waals surface area contributed by atoms with Gasteiger partial charge in [-0.1, -0.05) is 30.3 Å². The van der Waals surface area contributed by atoms with E-state index in [4.69, 9.17) is 9.94 Å². The van der Waals surface area contributed by atoms with E-state index in [1.54, 1.807) is 0 Å². The molecule has 1 saturated heterocycles. The number of likely N-dealkylation sites (N-methyl/N-ethyl adjacent to an activating group) is 1. The average molecular weight is 337 g/mol. The molecule has 2 atom stereocenters. The van der Waals surface area contributed by atoms with E-state index in [0.29, 0.717) is 19.6 Å². The number of piperidine rings is 1. The lowest BCUT2D eigenvalue weighted by Gasteiger charge is -2.34. The highest BCUT2D eigenvalue weighted by Gasteiger charge is 2.30. The first-order valence-electron chi connectivity index (χ1n) is 6.51. The summed E-state index contributed by atoms with van der Waals surface area (Å²) in [5.41, 5.74) is 4.14. The number of hydrogen-bond acceptors (Lipinski definition) is 4. The minimum atomic E-state index is -0.744. The van der Waals surface area contributed by atoms with Gasteiger partial charge in [0.2, 0.25) is 0 Å². The fourth-order valence-corrected chi connectivity index (χ4v) is 2.37. The van der Waals surface area contributed by atoms with E-state index in [-0.39, 0.29) is 36.9 Å². The zero-order valence-electron chi connectivity index (χ0n) is 11.9. The third-order valence-electron chi connectivity index (χ3n) is 3.45. The summed E-state index contributed by atoms with van der Waals surface area (Å²) in [6.07, 6.45) is 1.47. The predicted molar refractivity (Wildman–Crippen MR) is 85.9 cm³/mol. The Hall–Kier alpha value is -0.850. The molecule has 0 spiro atoms. The topological polar surface area (TPSA) is 61.8 Å². The van der Waals surface area contributed by atoms with Crippen molar-refractivity contribution in [2.45, 2.75) is 31.5 Å². The molecule has 1 fully saturated rings. The largest absolute Gasteiger partial charge is 0.480 e. The number of rotatable bonds is 5. The molecule has 1 aliphatic heterocycles. The van der Waals surface area contributed by atoms with Crippen molar-refractivity contribution in [3.8, 4) is 0 Å². The van der Waals surface area contributed by atoms with Crippen LogP contribution in [0, 0.1) is 0 Å². The lowest BCUT2D eigenvalue weighted by atomic mass is 10.00. The molecule has 21 heavy (non-hydrogen) atoms. The summed E-state index contributed by atoms with van der Waals surface area (Å²) in [7, 11) is 1.84. The minimum Gasteiger partial charge on any atom is -0.480 e. The second kappa shape index (κ2) is 9.97. The lowest BCUT2D eigenvalue weighted by Crippen LogP contribution is -2.51. The van der Waals surface area contributed by atoms with E-state index in [0.717, 1.165) is 12.0 Å². The van der Waals surface area contributed by atoms with Crippen LogP contribution in [0.3, 0.4) is 0 Å². The number of nitrogens with one attached hydrogen (secondary N) is 1. The van der Waals surface area contributed by atoms with Crippen LogP contribution in [-0.2, 0) is 16.2 Å². The maximum atomic E-state index is 11.0. The normalized spacial score (nSPS) is 22.0. The number of likely N-dealkylation sites (tertiary alicyclic amines) is 1. The molecular weight excluding hydrogens is 315 g/mol. The van der Waals surface area contributed by atoms with E-state index >= 15 is 0 Å². The van der Waals surface area contributed by atoms with Gasteiger partial charge in [-0.3, -0.25) is 14.5 Å². The van der Waals surface area contributed by atoms with Crippen molar-refractivity contribution in [2.75, 3.05) is 13.6 Å². The summed E-state index contributed by atoms with van der Waals surface area (Å²) in [5.74, 6) is -0.744. The van der Waals surface area contributed by atoms with Gasteiger partial charge in [-0.25, -0.2) is 0 Å². The molecule has 0 bridgehead atoms. The number of carboxylic acids is 1. The highest BCUT2D eigenvalue weighted by molar-refractivity contribution is 5.85. The number of hydroxylamine groups is 1. The van der Waals surface area contributed by atoms with Crippen LogP contribution in [0.25, 0.3) is 0 Å². The SMILES string of the molecule is CN1C[C@H](NOCc2ccccc2)CC[C@H]1C(=O)O.Cl.Cl. The molecule has 2 N–H and O–H groups in total. The molecule has 0 radical (unpaired) electrons. The van der Waals surface area contributed by atoms with Gasteiger partial charge < -0.3 is 5.11 Å². The van der Waals surface area contributed by atoms with Crippen LogP contribution in [0.2, 0.25) is 0 Å². The Morgan fingerprint density at radius 3 is 2.57 bits per heavy atom. The van der Waals surface area contributed by atoms with Gasteiger partial charge in [0, 0.05) is 12.6 Å². The molecule has 2 rings (SSSR count). The van der Waals surface area contributed by atoms with E-state index in [2.05, 4.69) is 5.48 Å². The summed E-state index contributed by atoms with van der Waals surface area (Å²) < 4.78 is 0. The number of carbonyl (C=O) groups is 1. The fourth-order valence-electron chi connectivity index (χ4n) is 2.37. The monoisotopic (exact) mass is 336 g/mol. The first-order chi connectivity index (χ1) is 9.16. The van der Waals surface area contributed by atoms with Crippen LogP contribution < -0.4 is 5.48 Å². The van der Waals surface area contributed by atoms with Crippen LogP contribution in [0.4, 0.5) is 0 Å². The van der Waals surface area contributed by atoms with Gasteiger partial charge >= 0.3 is 5.97 Å². The van der Waals surface area contributed by atoms with Crippen LogP contribution >= 0.6 is 24.8 Å². The summed E-state index contributed by atoms with van der Waals surface area (Å²) in [6.45, 7) is 1.20. The summed E-state index contributed by atoms with van der Waals surface area (Å²) in [4.78, 5) is 18.3. The zero-order valence-corrected chi connectivity index (χ0v) is 13.5. The maximum Gasteiger partial charge on any atom is 0.320 e. The van der Waals surface area contributed by atoms with Gasteiger partial charge in [0.15, 0.2) is 0 Å². The van der Waals surface area contributed by atoms with E-state index in [1.807, 2.05) is 42.3 Å². The molecule has 0 aliphatic carbocycles. The molecule has 0 amide bonds. The molecule has 5 nitrogen and oxygen atoms in total. The van der Waals surface area contributed by atoms with Crippen molar-refractivity contribution in [3.63, 3.8) is 0 Å². The Morgan fingerprint density at radius 1 is 1.33 bits per heavy atom. The Labute approximate surface area is 137 Å². The Balaban J connectivity index is 0.00000200. The Bertz CT molecular complexity index is 420. The van der Waals surface area contributed by atoms with Gasteiger partial charge in [-0.05, 0) is 25.5 Å². The van der Waals surface area contributed by atoms with Gasteiger partial charge in [-0.2, -0.15) is 5.48 Å². The van der Waals surface area contributed by atoms with Crippen LogP contribution in [0.15, 0.2) is 30.3 Å². The highest BCUT2D eigenvalue weighted by atomic mass is 35.5. The number of nitrogens with zero attached hydrogens (tertiary/aromatic N) is 1. The molecule has 0 aromatic heterocycles. The van der Waals surface area contributed by atoms with Crippen LogP contribution in [-0.4, -0.2) is 41.7 Å². The lowest BCUT2D eigenvalue weighted by molar-refractivity contribution is -0.144. The molecule has 1 aromatic carbocycles. The standard InChI is InChI=1S/C14H20N2O3.2ClH/c1-16-9-12(7-8-13(16)14(17)18)15-19-10-11-5-3-2-4-6-11;;/h2-6,12-13,15H,7-10H2,1H3,(H,17,18);2*1H/t12-,13+;;/m1../s1. The molecule has 0 saturated carbocycles. The van der Waals surface area contributed by atoms with Crippen LogP contribution in [0.5, 0.6) is 0 Å². The van der Waals surface area contributed by atoms with E-state index in [1.165, 1.54) is 0 Å². The van der Waals surface area contributed by atoms with Gasteiger partial charge in [-0.15, -0.1) is 24.8 Å². The number of halogens is 2. The second-order valence-corrected chi connectivity index (χ2v) is 4.96. The van der Waals surface area contributed by atoms with Crippen molar-refractivity contribution in [1.29, 1.82) is 0 Å². The maximum absolute atomic E-state index is 11.0. The number of carboxylic acid groups (broad SMARTS) is 1. The molecule has 7 heteroatoms. The number of aliphatic carboxylic acids is 1. The quantitative estimate of drug-likeness (QED) is 0.806. The molecule has 0 unspecified atom stereocenters. The Kier molecular flexibility index (Phi) is 9.57. The van der Waals surface area contributed by atoms with Gasteiger partial charge in [0.05, 0.1) is 6.61 Å². The average Bonchev–Trinajstić information content (AvgIpc) is 2.39. The number of hydrogen-bond donors (Lipinski definition) is 2. The third kappa shape index (κ3) is 6.20. The first kappa shape index (κ1) is 20.1. The smallest absolute Gasteiger partial charge is 0.320 e.